The van der Waals surface area contributed by atoms with Crippen LogP contribution in [0.1, 0.15) is 38.7 Å². The van der Waals surface area contributed by atoms with Crippen LogP contribution in [0.4, 0.5) is 0 Å². The van der Waals surface area contributed by atoms with Crippen LogP contribution in [0.25, 0.3) is 0 Å². The van der Waals surface area contributed by atoms with E-state index in [2.05, 4.69) is 25.2 Å². The lowest BCUT2D eigenvalue weighted by molar-refractivity contribution is 0.133. The van der Waals surface area contributed by atoms with E-state index in [1.54, 1.807) is 21.3 Å². The topological polar surface area (TPSA) is 82.0 Å². The van der Waals surface area contributed by atoms with Crippen LogP contribution in [0, 0.1) is 17.2 Å². The maximum absolute atomic E-state index is 9.09. The lowest BCUT2D eigenvalue weighted by Crippen LogP contribution is -2.26. The number of methoxy groups -OCH3 is 3. The molecule has 0 aromatic heterocycles. The van der Waals surface area contributed by atoms with Crippen LogP contribution >= 0.6 is 0 Å². The summed E-state index contributed by atoms with van der Waals surface area (Å²) >= 11 is 0. The Bertz CT molecular complexity index is 910. The van der Waals surface area contributed by atoms with E-state index < -0.39 is 0 Å². The molecule has 0 radical (unpaired) electrons. The Morgan fingerprint density at radius 1 is 0.882 bits per heavy atom. The fourth-order valence-corrected chi connectivity index (χ4v) is 3.63. The number of hydrogen-bond donors (Lipinski definition) is 1. The Hall–Kier alpha value is -3.11. The molecule has 0 fully saturated rings. The zero-order chi connectivity index (χ0) is 24.8. The van der Waals surface area contributed by atoms with Gasteiger partial charge in [-0.3, -0.25) is 0 Å². The second kappa shape index (κ2) is 14.9. The SMILES string of the molecule is COc1ccccc1OCCCNCCCC(Oc1cc(CC#N)cc(OC)c1OC)C(C)C. The molecule has 2 aromatic carbocycles. The molecule has 7 nitrogen and oxygen atoms in total. The van der Waals surface area contributed by atoms with Crippen LogP contribution in [0.3, 0.4) is 0 Å². The van der Waals surface area contributed by atoms with Gasteiger partial charge in [-0.1, -0.05) is 26.0 Å². The summed E-state index contributed by atoms with van der Waals surface area (Å²) in [5, 5.41) is 12.6. The minimum atomic E-state index is 0.0200. The van der Waals surface area contributed by atoms with Gasteiger partial charge in [0, 0.05) is 0 Å². The standard InChI is InChI=1S/C27H38N2O5/c1-20(2)22(34-26-19-21(13-14-28)18-25(31-4)27(26)32-5)12-8-15-29-16-9-17-33-24-11-7-6-10-23(24)30-3/h6-7,10-11,18-20,22,29H,8-9,12-13,15-17H2,1-5H3. The van der Waals surface area contributed by atoms with Gasteiger partial charge >= 0.3 is 0 Å². The third-order valence-corrected chi connectivity index (χ3v) is 5.48. The van der Waals surface area contributed by atoms with Gasteiger partial charge in [0.2, 0.25) is 5.75 Å². The van der Waals surface area contributed by atoms with E-state index in [0.717, 1.165) is 49.4 Å². The van der Waals surface area contributed by atoms with Gasteiger partial charge in [0.15, 0.2) is 23.0 Å². The highest BCUT2D eigenvalue weighted by Crippen LogP contribution is 2.40. The average molecular weight is 471 g/mol. The maximum Gasteiger partial charge on any atom is 0.203 e. The molecule has 0 saturated heterocycles. The molecule has 186 valence electrons. The number of ether oxygens (including phenoxy) is 5. The lowest BCUT2D eigenvalue weighted by Gasteiger charge is -2.25. The predicted octanol–water partition coefficient (Wildman–Crippen LogP) is 5.02. The number of nitrogens with zero attached hydrogens (tertiary/aromatic N) is 1. The van der Waals surface area contributed by atoms with Gasteiger partial charge < -0.3 is 29.0 Å². The summed E-state index contributed by atoms with van der Waals surface area (Å²) in [4.78, 5) is 0. The highest BCUT2D eigenvalue weighted by Gasteiger charge is 2.20. The van der Waals surface area contributed by atoms with Gasteiger partial charge in [-0.05, 0) is 68.1 Å². The molecular formula is C27H38N2O5. The van der Waals surface area contributed by atoms with E-state index in [-0.39, 0.29) is 12.5 Å². The van der Waals surface area contributed by atoms with Crippen molar-refractivity contribution >= 4 is 0 Å². The van der Waals surface area contributed by atoms with Crippen LogP contribution in [-0.4, -0.2) is 47.1 Å². The Morgan fingerprint density at radius 2 is 1.56 bits per heavy atom. The number of benzene rings is 2. The molecule has 1 unspecified atom stereocenters. The highest BCUT2D eigenvalue weighted by atomic mass is 16.5. The second-order valence-electron chi connectivity index (χ2n) is 8.31. The normalized spacial score (nSPS) is 11.6. The zero-order valence-electron chi connectivity index (χ0n) is 21.1. The monoisotopic (exact) mass is 470 g/mol. The molecule has 0 bridgehead atoms. The molecule has 2 rings (SSSR count). The van der Waals surface area contributed by atoms with Crippen molar-refractivity contribution in [2.24, 2.45) is 5.92 Å². The van der Waals surface area contributed by atoms with Gasteiger partial charge in [0.1, 0.15) is 6.10 Å². The number of para-hydroxylation sites is 2. The molecule has 34 heavy (non-hydrogen) atoms. The third-order valence-electron chi connectivity index (χ3n) is 5.48. The molecule has 0 saturated carbocycles. The minimum Gasteiger partial charge on any atom is -0.493 e. The van der Waals surface area contributed by atoms with Gasteiger partial charge in [-0.25, -0.2) is 0 Å². The molecule has 1 atom stereocenters. The van der Waals surface area contributed by atoms with Crippen molar-refractivity contribution in [3.8, 4) is 34.8 Å². The van der Waals surface area contributed by atoms with Crippen molar-refractivity contribution in [3.63, 3.8) is 0 Å². The van der Waals surface area contributed by atoms with E-state index in [4.69, 9.17) is 28.9 Å². The fraction of sp³-hybridized carbons (Fsp3) is 0.519. The smallest absolute Gasteiger partial charge is 0.203 e. The fourth-order valence-electron chi connectivity index (χ4n) is 3.63. The molecule has 0 spiro atoms. The van der Waals surface area contributed by atoms with E-state index in [1.807, 2.05) is 36.4 Å². The second-order valence-corrected chi connectivity index (χ2v) is 8.31. The van der Waals surface area contributed by atoms with E-state index in [9.17, 15) is 0 Å². The van der Waals surface area contributed by atoms with Crippen LogP contribution in [0.5, 0.6) is 28.7 Å². The molecule has 0 aliphatic carbocycles. The number of nitrogens with one attached hydrogen (secondary N) is 1. The van der Waals surface area contributed by atoms with E-state index in [0.29, 0.717) is 29.8 Å². The molecule has 2 aromatic rings. The van der Waals surface area contributed by atoms with Crippen molar-refractivity contribution in [2.45, 2.75) is 45.6 Å². The first-order valence-corrected chi connectivity index (χ1v) is 11.8. The van der Waals surface area contributed by atoms with Crippen molar-refractivity contribution in [3.05, 3.63) is 42.0 Å². The minimum absolute atomic E-state index is 0.0200. The summed E-state index contributed by atoms with van der Waals surface area (Å²) in [5.41, 5.74) is 0.842. The first kappa shape index (κ1) is 27.1. The molecule has 0 amide bonds. The Labute approximate surface area is 203 Å². The van der Waals surface area contributed by atoms with Gasteiger partial charge in [0.25, 0.3) is 0 Å². The van der Waals surface area contributed by atoms with E-state index >= 15 is 0 Å². The van der Waals surface area contributed by atoms with Crippen molar-refractivity contribution in [1.29, 1.82) is 5.26 Å². The van der Waals surface area contributed by atoms with Gasteiger partial charge in [-0.2, -0.15) is 5.26 Å². The summed E-state index contributed by atoms with van der Waals surface area (Å²) in [6.07, 6.45) is 3.09. The van der Waals surface area contributed by atoms with Crippen LogP contribution in [-0.2, 0) is 6.42 Å². The van der Waals surface area contributed by atoms with Crippen LogP contribution in [0.2, 0.25) is 0 Å². The Morgan fingerprint density at radius 3 is 2.21 bits per heavy atom. The summed E-state index contributed by atoms with van der Waals surface area (Å²) < 4.78 is 28.5. The first-order chi connectivity index (χ1) is 16.5. The quantitative estimate of drug-likeness (QED) is 0.345. The summed E-state index contributed by atoms with van der Waals surface area (Å²) in [7, 11) is 4.83. The summed E-state index contributed by atoms with van der Waals surface area (Å²) in [5.74, 6) is 3.60. The molecule has 0 aliphatic heterocycles. The molecule has 0 heterocycles. The number of rotatable bonds is 16. The van der Waals surface area contributed by atoms with Crippen molar-refractivity contribution in [2.75, 3.05) is 41.0 Å². The van der Waals surface area contributed by atoms with Gasteiger partial charge in [0.05, 0.1) is 40.4 Å². The molecule has 7 heteroatoms. The highest BCUT2D eigenvalue weighted by molar-refractivity contribution is 5.54. The molecule has 0 aliphatic rings. The number of nitriles is 1. The van der Waals surface area contributed by atoms with Crippen LogP contribution < -0.4 is 29.0 Å². The third kappa shape index (κ3) is 8.35. The largest absolute Gasteiger partial charge is 0.493 e. The molecule has 1 N–H and O–H groups in total. The van der Waals surface area contributed by atoms with Crippen molar-refractivity contribution < 1.29 is 23.7 Å². The predicted molar refractivity (Wildman–Crippen MR) is 133 cm³/mol. The van der Waals surface area contributed by atoms with E-state index in [1.165, 1.54) is 0 Å². The zero-order valence-corrected chi connectivity index (χ0v) is 21.1. The Balaban J connectivity index is 1.79. The lowest BCUT2D eigenvalue weighted by atomic mass is 10.0. The summed E-state index contributed by atoms with van der Waals surface area (Å²) in [6, 6.07) is 13.6. The van der Waals surface area contributed by atoms with Gasteiger partial charge in [-0.15, -0.1) is 0 Å². The molecular weight excluding hydrogens is 432 g/mol. The number of hydrogen-bond acceptors (Lipinski definition) is 7. The van der Waals surface area contributed by atoms with Crippen LogP contribution in [0.15, 0.2) is 36.4 Å². The average Bonchev–Trinajstić information content (AvgIpc) is 2.84. The summed E-state index contributed by atoms with van der Waals surface area (Å²) in [6.45, 7) is 6.71. The maximum atomic E-state index is 9.09. The van der Waals surface area contributed by atoms with Crippen molar-refractivity contribution in [1.82, 2.24) is 5.32 Å². The Kier molecular flexibility index (Phi) is 11.9. The first-order valence-electron chi connectivity index (χ1n) is 11.8.